The topological polar surface area (TPSA) is 53.1 Å². The van der Waals surface area contributed by atoms with Gasteiger partial charge in [0.1, 0.15) is 0 Å². The molecule has 3 amide bonds. The lowest BCUT2D eigenvalue weighted by Crippen LogP contribution is -2.49. The number of ether oxygens (including phenoxy) is 1. The summed E-state index contributed by atoms with van der Waals surface area (Å²) >= 11 is 0. The molecule has 3 aliphatic rings. The van der Waals surface area contributed by atoms with Gasteiger partial charge in [-0.25, -0.2) is 4.79 Å². The molecule has 0 radical (unpaired) electrons. The molecule has 0 bridgehead atoms. The van der Waals surface area contributed by atoms with Crippen LogP contribution in [0.25, 0.3) is 0 Å². The zero-order chi connectivity index (χ0) is 19.7. The summed E-state index contributed by atoms with van der Waals surface area (Å²) in [6.07, 6.45) is 2.45. The lowest BCUT2D eigenvalue weighted by molar-refractivity contribution is -0.139. The van der Waals surface area contributed by atoms with Crippen LogP contribution < -0.4 is 0 Å². The summed E-state index contributed by atoms with van der Waals surface area (Å²) in [6.45, 7) is 3.60. The Morgan fingerprint density at radius 1 is 1.07 bits per heavy atom. The first-order valence-electron chi connectivity index (χ1n) is 10.5. The van der Waals surface area contributed by atoms with Crippen molar-refractivity contribution in [2.45, 2.75) is 31.2 Å². The number of carbonyl (C=O) groups is 2. The van der Waals surface area contributed by atoms with Gasteiger partial charge in [-0.3, -0.25) is 4.79 Å². The van der Waals surface area contributed by atoms with E-state index < -0.39 is 0 Å². The fraction of sp³-hybridized carbons (Fsp3) is 0.636. The lowest BCUT2D eigenvalue weighted by atomic mass is 9.84. The molecule has 0 saturated carbocycles. The van der Waals surface area contributed by atoms with Crippen LogP contribution in [0, 0.1) is 11.8 Å². The summed E-state index contributed by atoms with van der Waals surface area (Å²) in [4.78, 5) is 31.2. The molecule has 3 atom stereocenters. The van der Waals surface area contributed by atoms with Gasteiger partial charge in [0.2, 0.25) is 5.91 Å². The molecule has 4 rings (SSSR count). The first-order chi connectivity index (χ1) is 13.6. The van der Waals surface area contributed by atoms with Gasteiger partial charge in [-0.05, 0) is 24.8 Å². The number of amides is 3. The van der Waals surface area contributed by atoms with Crippen LogP contribution in [0.4, 0.5) is 4.79 Å². The van der Waals surface area contributed by atoms with E-state index in [4.69, 9.17) is 4.74 Å². The average molecular weight is 386 g/mol. The molecular weight excluding hydrogens is 354 g/mol. The molecule has 3 saturated heterocycles. The van der Waals surface area contributed by atoms with Gasteiger partial charge in [-0.1, -0.05) is 30.3 Å². The summed E-state index contributed by atoms with van der Waals surface area (Å²) < 4.78 is 5.78. The van der Waals surface area contributed by atoms with Crippen molar-refractivity contribution < 1.29 is 14.3 Å². The van der Waals surface area contributed by atoms with E-state index in [0.717, 1.165) is 39.0 Å². The first-order valence-corrected chi connectivity index (χ1v) is 10.5. The zero-order valence-corrected chi connectivity index (χ0v) is 16.9. The standard InChI is InChI=1S/C22H31N3O3/c1-23(2)22(27)24-11-8-17(9-12-24)21(26)25-14-18(16-6-4-3-5-7-16)19-15-28-13-10-20(19)25/h3-7,17-20H,8-15H2,1-2H3. The SMILES string of the molecule is CN(C)C(=O)N1CCC(C(=O)N2CC(c3ccccc3)C3COCCC32)CC1. The second-order valence-corrected chi connectivity index (χ2v) is 8.54. The van der Waals surface area contributed by atoms with E-state index in [0.29, 0.717) is 24.9 Å². The fourth-order valence-electron chi connectivity index (χ4n) is 5.14. The fourth-order valence-corrected chi connectivity index (χ4v) is 5.14. The number of piperidine rings is 1. The molecule has 0 aromatic heterocycles. The van der Waals surface area contributed by atoms with Crippen molar-refractivity contribution in [3.8, 4) is 0 Å². The number of likely N-dealkylation sites (tertiary alicyclic amines) is 2. The summed E-state index contributed by atoms with van der Waals surface area (Å²) in [6, 6.07) is 10.9. The molecule has 3 heterocycles. The average Bonchev–Trinajstić information content (AvgIpc) is 3.13. The normalized spacial score (nSPS) is 28.1. The van der Waals surface area contributed by atoms with E-state index in [1.54, 1.807) is 19.0 Å². The highest BCUT2D eigenvalue weighted by atomic mass is 16.5. The maximum atomic E-state index is 13.4. The number of benzene rings is 1. The number of hydrogen-bond acceptors (Lipinski definition) is 3. The van der Waals surface area contributed by atoms with Crippen LogP contribution in [0.2, 0.25) is 0 Å². The van der Waals surface area contributed by atoms with Crippen LogP contribution in [0.15, 0.2) is 30.3 Å². The van der Waals surface area contributed by atoms with Crippen LogP contribution in [-0.2, 0) is 9.53 Å². The van der Waals surface area contributed by atoms with Crippen LogP contribution >= 0.6 is 0 Å². The smallest absolute Gasteiger partial charge is 0.319 e. The van der Waals surface area contributed by atoms with Gasteiger partial charge < -0.3 is 19.4 Å². The predicted molar refractivity (Wildman–Crippen MR) is 107 cm³/mol. The number of rotatable bonds is 2. The third kappa shape index (κ3) is 3.62. The van der Waals surface area contributed by atoms with Crippen LogP contribution in [-0.4, -0.2) is 79.6 Å². The molecule has 6 heteroatoms. The van der Waals surface area contributed by atoms with E-state index in [2.05, 4.69) is 29.2 Å². The summed E-state index contributed by atoms with van der Waals surface area (Å²) in [5.41, 5.74) is 1.31. The molecule has 3 unspecified atom stereocenters. The van der Waals surface area contributed by atoms with E-state index in [9.17, 15) is 9.59 Å². The highest BCUT2D eigenvalue weighted by molar-refractivity contribution is 5.80. The largest absolute Gasteiger partial charge is 0.381 e. The summed E-state index contributed by atoms with van der Waals surface area (Å²) in [5.74, 6) is 1.05. The van der Waals surface area contributed by atoms with Crippen molar-refractivity contribution in [2.24, 2.45) is 11.8 Å². The van der Waals surface area contributed by atoms with Gasteiger partial charge in [0.05, 0.1) is 6.61 Å². The summed E-state index contributed by atoms with van der Waals surface area (Å²) in [7, 11) is 3.55. The Morgan fingerprint density at radius 3 is 2.46 bits per heavy atom. The van der Waals surface area contributed by atoms with E-state index >= 15 is 0 Å². The maximum Gasteiger partial charge on any atom is 0.319 e. The Balaban J connectivity index is 1.45. The van der Waals surface area contributed by atoms with Crippen molar-refractivity contribution in [2.75, 3.05) is 46.9 Å². The quantitative estimate of drug-likeness (QED) is 0.786. The molecule has 0 N–H and O–H groups in total. The van der Waals surface area contributed by atoms with E-state index in [1.165, 1.54) is 5.56 Å². The third-order valence-corrected chi connectivity index (χ3v) is 6.68. The molecule has 3 fully saturated rings. The second-order valence-electron chi connectivity index (χ2n) is 8.54. The van der Waals surface area contributed by atoms with Gasteiger partial charge in [-0.2, -0.15) is 0 Å². The minimum Gasteiger partial charge on any atom is -0.381 e. The third-order valence-electron chi connectivity index (χ3n) is 6.68. The number of nitrogens with zero attached hydrogens (tertiary/aromatic N) is 3. The number of fused-ring (bicyclic) bond motifs is 1. The molecule has 1 aromatic carbocycles. The molecule has 28 heavy (non-hydrogen) atoms. The Hall–Kier alpha value is -2.08. The second kappa shape index (κ2) is 8.11. The van der Waals surface area contributed by atoms with Gasteiger partial charge in [0, 0.05) is 64.1 Å². The molecule has 3 aliphatic heterocycles. The Labute approximate surface area is 167 Å². The highest BCUT2D eigenvalue weighted by Crippen LogP contribution is 2.42. The van der Waals surface area contributed by atoms with E-state index in [-0.39, 0.29) is 23.9 Å². The van der Waals surface area contributed by atoms with Gasteiger partial charge in [-0.15, -0.1) is 0 Å². The van der Waals surface area contributed by atoms with Crippen molar-refractivity contribution in [1.29, 1.82) is 0 Å². The van der Waals surface area contributed by atoms with Gasteiger partial charge in [0.15, 0.2) is 0 Å². The number of urea groups is 1. The van der Waals surface area contributed by atoms with Crippen LogP contribution in [0.5, 0.6) is 0 Å². The molecule has 6 nitrogen and oxygen atoms in total. The van der Waals surface area contributed by atoms with Gasteiger partial charge in [0.25, 0.3) is 0 Å². The molecular formula is C22H31N3O3. The monoisotopic (exact) mass is 385 g/mol. The first kappa shape index (κ1) is 19.2. The summed E-state index contributed by atoms with van der Waals surface area (Å²) in [5, 5.41) is 0. The van der Waals surface area contributed by atoms with Crippen molar-refractivity contribution in [3.63, 3.8) is 0 Å². The molecule has 1 aromatic rings. The van der Waals surface area contributed by atoms with Crippen LogP contribution in [0.3, 0.4) is 0 Å². The lowest BCUT2D eigenvalue weighted by Gasteiger charge is -2.37. The Morgan fingerprint density at radius 2 is 1.79 bits per heavy atom. The van der Waals surface area contributed by atoms with Crippen molar-refractivity contribution in [3.05, 3.63) is 35.9 Å². The minimum absolute atomic E-state index is 0.0317. The molecule has 0 spiro atoms. The Bertz CT molecular complexity index is 700. The van der Waals surface area contributed by atoms with Crippen molar-refractivity contribution >= 4 is 11.9 Å². The van der Waals surface area contributed by atoms with Gasteiger partial charge >= 0.3 is 6.03 Å². The van der Waals surface area contributed by atoms with Crippen LogP contribution in [0.1, 0.15) is 30.7 Å². The molecule has 152 valence electrons. The van der Waals surface area contributed by atoms with Crippen molar-refractivity contribution in [1.82, 2.24) is 14.7 Å². The zero-order valence-electron chi connectivity index (χ0n) is 16.9. The Kier molecular flexibility index (Phi) is 5.58. The molecule has 0 aliphatic carbocycles. The minimum atomic E-state index is 0.0317. The predicted octanol–water partition coefficient (Wildman–Crippen LogP) is 2.41. The van der Waals surface area contributed by atoms with E-state index in [1.807, 2.05) is 11.0 Å². The highest BCUT2D eigenvalue weighted by Gasteiger charge is 2.47. The number of carbonyl (C=O) groups excluding carboxylic acids is 2. The number of hydrogen-bond donors (Lipinski definition) is 0. The maximum absolute atomic E-state index is 13.4.